The second-order valence-corrected chi connectivity index (χ2v) is 3.73. The van der Waals surface area contributed by atoms with E-state index >= 15 is 0 Å². The Bertz CT molecular complexity index is 554. The van der Waals surface area contributed by atoms with Gasteiger partial charge in [-0.3, -0.25) is 0 Å². The van der Waals surface area contributed by atoms with Gasteiger partial charge in [-0.05, 0) is 35.2 Å². The Hall–Kier alpha value is -2.00. The van der Waals surface area contributed by atoms with Gasteiger partial charge in [0.2, 0.25) is 0 Å². The summed E-state index contributed by atoms with van der Waals surface area (Å²) in [5.41, 5.74) is 9.13. The zero-order valence-electron chi connectivity index (χ0n) is 8.84. The molecular weight excluding hydrogens is 207 g/mol. The third-order valence-electron chi connectivity index (χ3n) is 2.45. The highest BCUT2D eigenvalue weighted by atomic mass is 19.1. The Kier molecular flexibility index (Phi) is 2.79. The number of hydrogen-bond acceptors (Lipinski definition) is 1. The van der Waals surface area contributed by atoms with Crippen LogP contribution in [-0.4, -0.2) is 10.6 Å². The summed E-state index contributed by atoms with van der Waals surface area (Å²) in [6.45, 7) is 2.38. The average molecular weight is 218 g/mol. The van der Waals surface area contributed by atoms with E-state index in [0.717, 1.165) is 10.9 Å². The van der Waals surface area contributed by atoms with Crippen molar-refractivity contribution < 1.29 is 4.39 Å². The summed E-state index contributed by atoms with van der Waals surface area (Å²) in [5.74, 6) is -0.260. The van der Waals surface area contributed by atoms with Crippen LogP contribution < -0.4 is 0 Å². The molecule has 82 valence electrons. The number of azide groups is 1. The Balaban J connectivity index is 2.37. The number of fused-ring (bicyclic) bond motifs is 1. The van der Waals surface area contributed by atoms with Crippen molar-refractivity contribution in [2.24, 2.45) is 5.11 Å². The molecule has 5 heteroatoms. The van der Waals surface area contributed by atoms with Crippen LogP contribution in [0.15, 0.2) is 35.6 Å². The molecular formula is C11H11FN4. The van der Waals surface area contributed by atoms with Crippen LogP contribution in [0.5, 0.6) is 0 Å². The number of aromatic nitrogens is 1. The lowest BCUT2D eigenvalue weighted by Gasteiger charge is -2.07. The van der Waals surface area contributed by atoms with Crippen LogP contribution in [0.25, 0.3) is 21.3 Å². The van der Waals surface area contributed by atoms with Gasteiger partial charge in [-0.15, -0.1) is 0 Å². The van der Waals surface area contributed by atoms with Gasteiger partial charge >= 0.3 is 0 Å². The first-order chi connectivity index (χ1) is 7.70. The van der Waals surface area contributed by atoms with Gasteiger partial charge in [-0.2, -0.15) is 0 Å². The van der Waals surface area contributed by atoms with Gasteiger partial charge < -0.3 is 4.57 Å². The summed E-state index contributed by atoms with van der Waals surface area (Å²) in [4.78, 5) is 2.75. The number of halogens is 1. The van der Waals surface area contributed by atoms with Crippen LogP contribution in [0.1, 0.15) is 6.92 Å². The summed E-state index contributed by atoms with van der Waals surface area (Å²) >= 11 is 0. The third-order valence-corrected chi connectivity index (χ3v) is 2.45. The fourth-order valence-corrected chi connectivity index (χ4v) is 1.73. The topological polar surface area (TPSA) is 53.7 Å². The van der Waals surface area contributed by atoms with Crippen molar-refractivity contribution in [1.82, 2.24) is 4.57 Å². The molecule has 0 spiro atoms. The fourth-order valence-electron chi connectivity index (χ4n) is 1.73. The SMILES string of the molecule is CC(Cn1ccc2ccc(F)cc21)N=[N+]=[N-]. The summed E-state index contributed by atoms with van der Waals surface area (Å²) < 4.78 is 15.0. The zero-order chi connectivity index (χ0) is 11.5. The fraction of sp³-hybridized carbons (Fsp3) is 0.273. The van der Waals surface area contributed by atoms with Crippen molar-refractivity contribution in [1.29, 1.82) is 0 Å². The summed E-state index contributed by atoms with van der Waals surface area (Å²) in [6.07, 6.45) is 1.87. The lowest BCUT2D eigenvalue weighted by Crippen LogP contribution is -2.08. The van der Waals surface area contributed by atoms with Crippen molar-refractivity contribution >= 4 is 10.9 Å². The van der Waals surface area contributed by atoms with E-state index in [-0.39, 0.29) is 11.9 Å². The molecule has 0 amide bonds. The molecule has 0 fully saturated rings. The van der Waals surface area contributed by atoms with Crippen molar-refractivity contribution in [3.8, 4) is 0 Å². The van der Waals surface area contributed by atoms with E-state index < -0.39 is 0 Å². The van der Waals surface area contributed by atoms with E-state index in [1.165, 1.54) is 12.1 Å². The van der Waals surface area contributed by atoms with Crippen molar-refractivity contribution in [2.75, 3.05) is 0 Å². The Morgan fingerprint density at radius 2 is 2.31 bits per heavy atom. The van der Waals surface area contributed by atoms with Crippen LogP contribution in [0.3, 0.4) is 0 Å². The van der Waals surface area contributed by atoms with Gasteiger partial charge in [0.25, 0.3) is 0 Å². The molecule has 1 aromatic carbocycles. The minimum atomic E-state index is -0.260. The van der Waals surface area contributed by atoms with Crippen LogP contribution in [0, 0.1) is 5.82 Å². The summed E-state index contributed by atoms with van der Waals surface area (Å²) in [5, 5.41) is 4.58. The predicted molar refractivity (Wildman–Crippen MR) is 60.5 cm³/mol. The van der Waals surface area contributed by atoms with E-state index in [0.29, 0.717) is 6.54 Å². The van der Waals surface area contributed by atoms with Crippen molar-refractivity contribution in [3.05, 3.63) is 46.7 Å². The molecule has 16 heavy (non-hydrogen) atoms. The third kappa shape index (κ3) is 1.99. The minimum absolute atomic E-state index is 0.149. The maximum absolute atomic E-state index is 13.1. The van der Waals surface area contributed by atoms with Gasteiger partial charge in [-0.1, -0.05) is 12.0 Å². The van der Waals surface area contributed by atoms with Gasteiger partial charge in [0.15, 0.2) is 0 Å². The van der Waals surface area contributed by atoms with Crippen molar-refractivity contribution in [3.63, 3.8) is 0 Å². The molecule has 0 aliphatic rings. The highest BCUT2D eigenvalue weighted by molar-refractivity contribution is 5.80. The van der Waals surface area contributed by atoms with E-state index in [2.05, 4.69) is 10.0 Å². The summed E-state index contributed by atoms with van der Waals surface area (Å²) in [7, 11) is 0. The molecule has 0 N–H and O–H groups in total. The molecule has 1 atom stereocenters. The number of nitrogens with zero attached hydrogens (tertiary/aromatic N) is 4. The molecule has 0 saturated carbocycles. The molecule has 0 aliphatic heterocycles. The Labute approximate surface area is 91.9 Å². The number of hydrogen-bond donors (Lipinski definition) is 0. The standard InChI is InChI=1S/C11H11FN4/c1-8(14-15-13)7-16-5-4-9-2-3-10(12)6-11(9)16/h2-6,8H,7H2,1H3. The minimum Gasteiger partial charge on any atom is -0.347 e. The molecule has 0 radical (unpaired) electrons. The highest BCUT2D eigenvalue weighted by Crippen LogP contribution is 2.17. The van der Waals surface area contributed by atoms with Gasteiger partial charge in [-0.25, -0.2) is 4.39 Å². The average Bonchev–Trinajstić information content (AvgIpc) is 2.61. The van der Waals surface area contributed by atoms with E-state index in [4.69, 9.17) is 5.53 Å². The van der Waals surface area contributed by atoms with Gasteiger partial charge in [0, 0.05) is 17.7 Å². The quantitative estimate of drug-likeness (QED) is 0.430. The van der Waals surface area contributed by atoms with Gasteiger partial charge in [0.1, 0.15) is 5.82 Å². The lowest BCUT2D eigenvalue weighted by molar-refractivity contribution is 0.598. The molecule has 4 nitrogen and oxygen atoms in total. The first kappa shape index (κ1) is 10.5. The lowest BCUT2D eigenvalue weighted by atomic mass is 10.2. The van der Waals surface area contributed by atoms with E-state index in [1.807, 2.05) is 23.8 Å². The van der Waals surface area contributed by atoms with E-state index in [1.54, 1.807) is 6.07 Å². The molecule has 1 unspecified atom stereocenters. The van der Waals surface area contributed by atoms with Crippen LogP contribution >= 0.6 is 0 Å². The molecule has 1 heterocycles. The number of rotatable bonds is 3. The second-order valence-electron chi connectivity index (χ2n) is 3.73. The predicted octanol–water partition coefficient (Wildman–Crippen LogP) is 3.48. The molecule has 1 aromatic heterocycles. The van der Waals surface area contributed by atoms with Crippen LogP contribution in [0.4, 0.5) is 4.39 Å². The molecule has 2 aromatic rings. The van der Waals surface area contributed by atoms with Crippen molar-refractivity contribution in [2.45, 2.75) is 19.5 Å². The van der Waals surface area contributed by atoms with Gasteiger partial charge in [0.05, 0.1) is 11.6 Å². The molecule has 0 aliphatic carbocycles. The Morgan fingerprint density at radius 1 is 1.50 bits per heavy atom. The number of benzene rings is 1. The monoisotopic (exact) mass is 218 g/mol. The maximum Gasteiger partial charge on any atom is 0.125 e. The maximum atomic E-state index is 13.1. The zero-order valence-corrected chi connectivity index (χ0v) is 8.84. The first-order valence-corrected chi connectivity index (χ1v) is 4.99. The highest BCUT2D eigenvalue weighted by Gasteiger charge is 2.05. The van der Waals surface area contributed by atoms with Crippen LogP contribution in [0.2, 0.25) is 0 Å². The smallest absolute Gasteiger partial charge is 0.125 e. The molecule has 2 rings (SSSR count). The first-order valence-electron chi connectivity index (χ1n) is 4.99. The van der Waals surface area contributed by atoms with Crippen LogP contribution in [-0.2, 0) is 6.54 Å². The Morgan fingerprint density at radius 3 is 3.06 bits per heavy atom. The second kappa shape index (κ2) is 4.24. The normalized spacial score (nSPS) is 12.4. The molecule has 0 saturated heterocycles. The van der Waals surface area contributed by atoms with E-state index in [9.17, 15) is 4.39 Å². The summed E-state index contributed by atoms with van der Waals surface area (Å²) in [6, 6.07) is 6.42. The largest absolute Gasteiger partial charge is 0.347 e. The molecule has 0 bridgehead atoms.